The van der Waals surface area contributed by atoms with Crippen molar-refractivity contribution in [3.63, 3.8) is 0 Å². The molecule has 0 bridgehead atoms. The number of aromatic amines is 1. The van der Waals surface area contributed by atoms with Crippen molar-refractivity contribution in [3.8, 4) is 0 Å². The Morgan fingerprint density at radius 1 is 1.13 bits per heavy atom. The molecule has 160 valence electrons. The molecule has 7 heteroatoms. The third kappa shape index (κ3) is 3.93. The molecule has 5 rings (SSSR count). The summed E-state index contributed by atoms with van der Waals surface area (Å²) in [5.74, 6) is 0.0999. The van der Waals surface area contributed by atoms with E-state index in [1.165, 1.54) is 0 Å². The topological polar surface area (TPSA) is 78.5 Å². The number of aromatic nitrogens is 2. The molecule has 31 heavy (non-hydrogen) atoms. The van der Waals surface area contributed by atoms with Gasteiger partial charge in [-0.3, -0.25) is 9.59 Å². The average Bonchev–Trinajstić information content (AvgIpc) is 3.40. The fraction of sp³-hybridized carbons (Fsp3) is 0.375. The molecule has 1 atom stereocenters. The molecular weight excluding hydrogens is 392 g/mol. The van der Waals surface area contributed by atoms with Crippen LogP contribution in [0.25, 0.3) is 11.0 Å². The lowest BCUT2D eigenvalue weighted by Crippen LogP contribution is -2.55. The second-order valence-corrected chi connectivity index (χ2v) is 8.62. The number of imidazole rings is 1. The number of hydrogen-bond donors (Lipinski definition) is 1. The molecule has 2 aromatic carbocycles. The van der Waals surface area contributed by atoms with Gasteiger partial charge in [-0.25, -0.2) is 4.98 Å². The van der Waals surface area contributed by atoms with E-state index in [9.17, 15) is 9.59 Å². The van der Waals surface area contributed by atoms with Crippen LogP contribution >= 0.6 is 0 Å². The first-order valence-corrected chi connectivity index (χ1v) is 10.7. The smallest absolute Gasteiger partial charge is 0.254 e. The molecule has 3 aromatic rings. The summed E-state index contributed by atoms with van der Waals surface area (Å²) in [6.45, 7) is 4.78. The van der Waals surface area contributed by atoms with Crippen LogP contribution in [0.2, 0.25) is 0 Å². The lowest BCUT2D eigenvalue weighted by molar-refractivity contribution is -0.147. The number of carbonyl (C=O) groups is 2. The summed E-state index contributed by atoms with van der Waals surface area (Å²) in [5.41, 5.74) is 4.03. The molecule has 3 heterocycles. The third-order valence-electron chi connectivity index (χ3n) is 6.31. The van der Waals surface area contributed by atoms with E-state index in [1.807, 2.05) is 53.1 Å². The molecule has 0 aliphatic carbocycles. The number of fused-ring (bicyclic) bond motifs is 1. The Balaban J connectivity index is 1.26. The highest BCUT2D eigenvalue weighted by atomic mass is 16.5. The van der Waals surface area contributed by atoms with Crippen molar-refractivity contribution in [2.24, 2.45) is 0 Å². The molecule has 2 aliphatic rings. The van der Waals surface area contributed by atoms with Crippen molar-refractivity contribution in [1.82, 2.24) is 19.8 Å². The molecule has 1 spiro atoms. The average molecular weight is 418 g/mol. The summed E-state index contributed by atoms with van der Waals surface area (Å²) >= 11 is 0. The second-order valence-electron chi connectivity index (χ2n) is 8.62. The zero-order chi connectivity index (χ0) is 21.4. The first kappa shape index (κ1) is 19.8. The number of nitrogens with zero attached hydrogens (tertiary/aromatic N) is 3. The van der Waals surface area contributed by atoms with Crippen LogP contribution in [0.15, 0.2) is 48.8 Å². The number of carbonyl (C=O) groups excluding carboxylic acids is 2. The van der Waals surface area contributed by atoms with Crippen molar-refractivity contribution >= 4 is 22.8 Å². The first-order chi connectivity index (χ1) is 15.0. The number of aryl methyl sites for hydroxylation is 1. The fourth-order valence-electron chi connectivity index (χ4n) is 4.68. The van der Waals surface area contributed by atoms with Crippen molar-refractivity contribution in [3.05, 3.63) is 65.5 Å². The Morgan fingerprint density at radius 3 is 2.87 bits per heavy atom. The normalized spacial score (nSPS) is 21.2. The molecule has 2 fully saturated rings. The monoisotopic (exact) mass is 418 g/mol. The van der Waals surface area contributed by atoms with Gasteiger partial charge in [-0.15, -0.1) is 0 Å². The predicted octanol–water partition coefficient (Wildman–Crippen LogP) is 2.56. The molecule has 1 N–H and O–H groups in total. The number of morpholine rings is 1. The highest BCUT2D eigenvalue weighted by Crippen LogP contribution is 2.31. The highest BCUT2D eigenvalue weighted by molar-refractivity contribution is 5.97. The number of hydrogen-bond acceptors (Lipinski definition) is 4. The number of amides is 2. The van der Waals surface area contributed by atoms with Crippen LogP contribution < -0.4 is 0 Å². The van der Waals surface area contributed by atoms with Gasteiger partial charge in [0.05, 0.1) is 43.5 Å². The summed E-state index contributed by atoms with van der Waals surface area (Å²) in [4.78, 5) is 37.0. The molecule has 0 saturated carbocycles. The minimum Gasteiger partial charge on any atom is -0.369 e. The fourth-order valence-corrected chi connectivity index (χ4v) is 4.68. The lowest BCUT2D eigenvalue weighted by atomic mass is 9.99. The number of benzene rings is 2. The lowest BCUT2D eigenvalue weighted by Gasteiger charge is -2.40. The highest BCUT2D eigenvalue weighted by Gasteiger charge is 2.45. The van der Waals surface area contributed by atoms with E-state index in [-0.39, 0.29) is 11.8 Å². The van der Waals surface area contributed by atoms with Crippen LogP contribution in [-0.4, -0.2) is 70.0 Å². The summed E-state index contributed by atoms with van der Waals surface area (Å²) in [6.07, 6.45) is 2.76. The minimum absolute atomic E-state index is 0.0137. The largest absolute Gasteiger partial charge is 0.369 e. The van der Waals surface area contributed by atoms with Gasteiger partial charge in [-0.2, -0.15) is 0 Å². The van der Waals surface area contributed by atoms with E-state index >= 15 is 0 Å². The molecule has 1 aromatic heterocycles. The quantitative estimate of drug-likeness (QED) is 0.709. The van der Waals surface area contributed by atoms with Crippen LogP contribution in [0.1, 0.15) is 27.9 Å². The number of likely N-dealkylation sites (tertiary alicyclic amines) is 1. The van der Waals surface area contributed by atoms with Gasteiger partial charge in [0.25, 0.3) is 5.91 Å². The molecule has 2 saturated heterocycles. The van der Waals surface area contributed by atoms with E-state index < -0.39 is 5.60 Å². The third-order valence-corrected chi connectivity index (χ3v) is 6.31. The van der Waals surface area contributed by atoms with E-state index in [4.69, 9.17) is 4.74 Å². The molecule has 1 unspecified atom stereocenters. The summed E-state index contributed by atoms with van der Waals surface area (Å²) in [6, 6.07) is 13.6. The number of ether oxygens (including phenoxy) is 1. The first-order valence-electron chi connectivity index (χ1n) is 10.7. The number of nitrogens with one attached hydrogen (secondary N) is 1. The predicted molar refractivity (Wildman–Crippen MR) is 117 cm³/mol. The molecule has 2 aliphatic heterocycles. The standard InChI is InChI=1S/C24H26N4O3/c1-17-3-2-4-18(11-17)12-22(29)27-9-10-31-24(14-27)7-8-28(15-24)23(30)19-5-6-20-21(13-19)26-16-25-20/h2-6,11,13,16H,7-10,12,14-15H2,1H3,(H,25,26). The van der Waals surface area contributed by atoms with Crippen LogP contribution in [0.5, 0.6) is 0 Å². The van der Waals surface area contributed by atoms with Crippen molar-refractivity contribution in [2.75, 3.05) is 32.8 Å². The Kier molecular flexibility index (Phi) is 4.98. The Morgan fingerprint density at radius 2 is 2.00 bits per heavy atom. The van der Waals surface area contributed by atoms with Crippen LogP contribution in [-0.2, 0) is 16.0 Å². The second kappa shape index (κ2) is 7.81. The van der Waals surface area contributed by atoms with Gasteiger partial charge in [-0.05, 0) is 37.1 Å². The Bertz CT molecular complexity index is 1140. The van der Waals surface area contributed by atoms with Gasteiger partial charge in [0.15, 0.2) is 0 Å². The minimum atomic E-state index is -0.478. The van der Waals surface area contributed by atoms with Crippen LogP contribution in [0.4, 0.5) is 0 Å². The van der Waals surface area contributed by atoms with E-state index in [1.54, 1.807) is 6.33 Å². The summed E-state index contributed by atoms with van der Waals surface area (Å²) < 4.78 is 6.15. The van der Waals surface area contributed by atoms with Crippen molar-refractivity contribution in [1.29, 1.82) is 0 Å². The van der Waals surface area contributed by atoms with Gasteiger partial charge in [0.2, 0.25) is 5.91 Å². The molecule has 2 amide bonds. The SMILES string of the molecule is Cc1cccc(CC(=O)N2CCOC3(CCN(C(=O)c4ccc5nc[nH]c5c4)C3)C2)c1. The maximum absolute atomic E-state index is 13.1. The van der Waals surface area contributed by atoms with E-state index in [0.29, 0.717) is 44.8 Å². The van der Waals surface area contributed by atoms with Gasteiger partial charge >= 0.3 is 0 Å². The molecule has 0 radical (unpaired) electrons. The van der Waals surface area contributed by atoms with E-state index in [2.05, 4.69) is 16.0 Å². The van der Waals surface area contributed by atoms with Crippen LogP contribution in [0, 0.1) is 6.92 Å². The number of H-pyrrole nitrogens is 1. The Labute approximate surface area is 181 Å². The van der Waals surface area contributed by atoms with Crippen molar-refractivity contribution in [2.45, 2.75) is 25.4 Å². The number of rotatable bonds is 3. The van der Waals surface area contributed by atoms with Gasteiger partial charge < -0.3 is 19.5 Å². The molecule has 7 nitrogen and oxygen atoms in total. The van der Waals surface area contributed by atoms with Gasteiger partial charge in [0, 0.05) is 18.7 Å². The van der Waals surface area contributed by atoms with Crippen molar-refractivity contribution < 1.29 is 14.3 Å². The zero-order valence-electron chi connectivity index (χ0n) is 17.6. The summed E-state index contributed by atoms with van der Waals surface area (Å²) in [7, 11) is 0. The van der Waals surface area contributed by atoms with E-state index in [0.717, 1.165) is 28.6 Å². The van der Waals surface area contributed by atoms with Gasteiger partial charge in [-0.1, -0.05) is 29.8 Å². The van der Waals surface area contributed by atoms with Gasteiger partial charge in [0.1, 0.15) is 5.60 Å². The maximum Gasteiger partial charge on any atom is 0.254 e. The zero-order valence-corrected chi connectivity index (χ0v) is 17.6. The van der Waals surface area contributed by atoms with Crippen LogP contribution in [0.3, 0.4) is 0 Å². The Hall–Kier alpha value is -3.19. The summed E-state index contributed by atoms with van der Waals surface area (Å²) in [5, 5.41) is 0. The maximum atomic E-state index is 13.1. The molecular formula is C24H26N4O3.